The highest BCUT2D eigenvalue weighted by molar-refractivity contribution is 5.94. The zero-order chi connectivity index (χ0) is 23.9. The molecular formula is C25H36N2O5. The highest BCUT2D eigenvalue weighted by atomic mass is 16.5. The van der Waals surface area contributed by atoms with E-state index in [4.69, 9.17) is 4.74 Å². The quantitative estimate of drug-likeness (QED) is 0.436. The van der Waals surface area contributed by atoms with Crippen molar-refractivity contribution in [3.05, 3.63) is 41.6 Å². The van der Waals surface area contributed by atoms with E-state index in [9.17, 15) is 14.7 Å². The normalized spacial score (nSPS) is 20.3. The third kappa shape index (κ3) is 6.05. The van der Waals surface area contributed by atoms with Crippen molar-refractivity contribution in [2.75, 3.05) is 12.4 Å². The number of nitrogens with one attached hydrogen (secondary N) is 2. The summed E-state index contributed by atoms with van der Waals surface area (Å²) < 4.78 is 11.0. The Morgan fingerprint density at radius 1 is 1.19 bits per heavy atom. The summed E-state index contributed by atoms with van der Waals surface area (Å²) in [7, 11) is 1.32. The summed E-state index contributed by atoms with van der Waals surface area (Å²) in [4.78, 5) is 24.3. The maximum Gasteiger partial charge on any atom is 0.411 e. The van der Waals surface area contributed by atoms with Gasteiger partial charge in [-0.25, -0.2) is 4.79 Å². The van der Waals surface area contributed by atoms with E-state index < -0.39 is 11.7 Å². The minimum atomic E-state index is -0.674. The molecule has 0 saturated heterocycles. The van der Waals surface area contributed by atoms with Gasteiger partial charge in [-0.3, -0.25) is 10.1 Å². The van der Waals surface area contributed by atoms with E-state index in [1.54, 1.807) is 12.1 Å². The van der Waals surface area contributed by atoms with Gasteiger partial charge >= 0.3 is 6.09 Å². The number of benzene rings is 1. The Morgan fingerprint density at radius 2 is 1.84 bits per heavy atom. The molecule has 2 rings (SSSR count). The zero-order valence-electron chi connectivity index (χ0n) is 20.0. The van der Waals surface area contributed by atoms with Crippen LogP contribution in [-0.4, -0.2) is 29.8 Å². The largest absolute Gasteiger partial charge is 0.506 e. The van der Waals surface area contributed by atoms with Gasteiger partial charge < -0.3 is 19.9 Å². The summed E-state index contributed by atoms with van der Waals surface area (Å²) in [6.45, 7) is 10.0. The molecule has 1 aliphatic carbocycles. The number of aromatic hydroxyl groups is 1. The van der Waals surface area contributed by atoms with Crippen LogP contribution in [0.4, 0.5) is 10.5 Å². The number of phenolic OH excluding ortho intramolecular Hbond substituents is 1. The van der Waals surface area contributed by atoms with Crippen LogP contribution in [0.15, 0.2) is 41.6 Å². The lowest BCUT2D eigenvalue weighted by molar-refractivity contribution is -0.120. The van der Waals surface area contributed by atoms with Crippen LogP contribution in [0, 0.1) is 11.8 Å². The predicted octanol–water partition coefficient (Wildman–Crippen LogP) is 5.52. The van der Waals surface area contributed by atoms with Crippen LogP contribution in [-0.2, 0) is 9.53 Å². The first-order chi connectivity index (χ1) is 15.1. The van der Waals surface area contributed by atoms with Crippen molar-refractivity contribution >= 4 is 17.7 Å². The van der Waals surface area contributed by atoms with Gasteiger partial charge in [-0.1, -0.05) is 39.7 Å². The summed E-state index contributed by atoms with van der Waals surface area (Å²) in [5, 5.41) is 15.9. The third-order valence-electron chi connectivity index (χ3n) is 6.09. The molecule has 3 N–H and O–H groups in total. The van der Waals surface area contributed by atoms with Crippen LogP contribution in [0.5, 0.6) is 11.5 Å². The molecule has 0 spiro atoms. The van der Waals surface area contributed by atoms with E-state index >= 15 is 0 Å². The lowest BCUT2D eigenvalue weighted by Crippen LogP contribution is -2.43. The van der Waals surface area contributed by atoms with Crippen molar-refractivity contribution in [1.29, 1.82) is 0 Å². The summed E-state index contributed by atoms with van der Waals surface area (Å²) in [6, 6.07) is 4.85. The number of anilines is 1. The molecule has 0 radical (unpaired) electrons. The van der Waals surface area contributed by atoms with E-state index in [1.165, 1.54) is 13.2 Å². The van der Waals surface area contributed by atoms with Crippen LogP contribution in [0.3, 0.4) is 0 Å². The first-order valence-electron chi connectivity index (χ1n) is 11.2. The van der Waals surface area contributed by atoms with Crippen LogP contribution in [0.1, 0.15) is 60.3 Å². The SMILES string of the molecule is CCCC(CCC)C(=O)Nc1cc(OC2(C)C(C)=CC(NC(=O)OC)=CC2C)ccc1O. The van der Waals surface area contributed by atoms with Crippen LogP contribution >= 0.6 is 0 Å². The van der Waals surface area contributed by atoms with Gasteiger partial charge in [-0.2, -0.15) is 0 Å². The Balaban J connectivity index is 2.21. The molecule has 0 aromatic heterocycles. The molecule has 2 amide bonds. The number of carbonyl (C=O) groups is 2. The number of carbonyl (C=O) groups excluding carboxylic acids is 2. The Kier molecular flexibility index (Phi) is 8.75. The minimum absolute atomic E-state index is 0.00369. The number of hydrogen-bond acceptors (Lipinski definition) is 5. The highest BCUT2D eigenvalue weighted by Gasteiger charge is 2.37. The van der Waals surface area contributed by atoms with Crippen molar-refractivity contribution < 1.29 is 24.2 Å². The fraction of sp³-hybridized carbons (Fsp3) is 0.520. The van der Waals surface area contributed by atoms with E-state index in [-0.39, 0.29) is 23.5 Å². The monoisotopic (exact) mass is 444 g/mol. The van der Waals surface area contributed by atoms with E-state index in [0.717, 1.165) is 31.3 Å². The highest BCUT2D eigenvalue weighted by Crippen LogP contribution is 2.38. The lowest BCUT2D eigenvalue weighted by atomic mass is 9.79. The van der Waals surface area contributed by atoms with E-state index in [2.05, 4.69) is 29.2 Å². The van der Waals surface area contributed by atoms with Crippen molar-refractivity contribution in [3.8, 4) is 11.5 Å². The molecule has 1 aromatic carbocycles. The van der Waals surface area contributed by atoms with Crippen molar-refractivity contribution in [2.24, 2.45) is 11.8 Å². The van der Waals surface area contributed by atoms with Crippen LogP contribution in [0.25, 0.3) is 0 Å². The molecule has 0 fully saturated rings. The smallest absolute Gasteiger partial charge is 0.411 e. The van der Waals surface area contributed by atoms with Crippen LogP contribution in [0.2, 0.25) is 0 Å². The number of phenols is 1. The van der Waals surface area contributed by atoms with Gasteiger partial charge in [0, 0.05) is 23.6 Å². The van der Waals surface area contributed by atoms with Crippen molar-refractivity contribution in [1.82, 2.24) is 5.32 Å². The maximum atomic E-state index is 12.7. The molecule has 1 aliphatic rings. The number of ether oxygens (including phenoxy) is 2. The first-order valence-corrected chi connectivity index (χ1v) is 11.2. The number of amides is 2. The second-order valence-electron chi connectivity index (χ2n) is 8.51. The molecule has 0 aliphatic heterocycles. The van der Waals surface area contributed by atoms with Crippen molar-refractivity contribution in [2.45, 2.75) is 65.9 Å². The fourth-order valence-electron chi connectivity index (χ4n) is 3.89. The molecule has 1 aromatic rings. The summed E-state index contributed by atoms with van der Waals surface area (Å²) in [6.07, 6.45) is 6.70. The Morgan fingerprint density at radius 3 is 2.41 bits per heavy atom. The average Bonchev–Trinajstić information content (AvgIpc) is 2.74. The first kappa shape index (κ1) is 25.3. The van der Waals surface area contributed by atoms with E-state index in [1.807, 2.05) is 32.9 Å². The Labute approximate surface area is 190 Å². The van der Waals surface area contributed by atoms with Gasteiger partial charge in [-0.05, 0) is 50.5 Å². The molecule has 0 heterocycles. The van der Waals surface area contributed by atoms with Gasteiger partial charge in [0.15, 0.2) is 0 Å². The second kappa shape index (κ2) is 11.1. The minimum Gasteiger partial charge on any atom is -0.506 e. The van der Waals surface area contributed by atoms with Gasteiger partial charge in [0.25, 0.3) is 0 Å². The van der Waals surface area contributed by atoms with Crippen molar-refractivity contribution in [3.63, 3.8) is 0 Å². The molecule has 2 atom stereocenters. The fourth-order valence-corrected chi connectivity index (χ4v) is 3.89. The number of rotatable bonds is 9. The third-order valence-corrected chi connectivity index (χ3v) is 6.09. The number of hydrogen-bond donors (Lipinski definition) is 3. The van der Waals surface area contributed by atoms with E-state index in [0.29, 0.717) is 17.1 Å². The molecule has 7 heteroatoms. The molecular weight excluding hydrogens is 408 g/mol. The Hall–Kier alpha value is -2.96. The molecule has 176 valence electrons. The summed E-state index contributed by atoms with van der Waals surface area (Å²) >= 11 is 0. The lowest BCUT2D eigenvalue weighted by Gasteiger charge is -2.39. The number of methoxy groups -OCH3 is 1. The predicted molar refractivity (Wildman–Crippen MR) is 126 cm³/mol. The maximum absolute atomic E-state index is 12.7. The van der Waals surface area contributed by atoms with Gasteiger partial charge in [-0.15, -0.1) is 0 Å². The molecule has 0 saturated carbocycles. The summed E-state index contributed by atoms with van der Waals surface area (Å²) in [5.74, 6) is 0.290. The van der Waals surface area contributed by atoms with Gasteiger partial charge in [0.2, 0.25) is 5.91 Å². The number of alkyl carbamates (subject to hydrolysis) is 1. The number of allylic oxidation sites excluding steroid dienone is 1. The topological polar surface area (TPSA) is 96.9 Å². The molecule has 7 nitrogen and oxygen atoms in total. The van der Waals surface area contributed by atoms with Gasteiger partial charge in [0.05, 0.1) is 12.8 Å². The van der Waals surface area contributed by atoms with Crippen LogP contribution < -0.4 is 15.4 Å². The zero-order valence-corrected chi connectivity index (χ0v) is 20.0. The standard InChI is InChI=1S/C25H36N2O5/c1-7-9-18(10-8-2)23(29)27-21-15-20(11-12-22(21)28)32-25(5)16(3)13-19(14-17(25)4)26-24(30)31-6/h11-16,18,28H,7-10H2,1-6H3,(H,26,30)(H,27,29). The Bertz CT molecular complexity index is 886. The molecule has 32 heavy (non-hydrogen) atoms. The van der Waals surface area contributed by atoms with Gasteiger partial charge in [0.1, 0.15) is 17.1 Å². The average molecular weight is 445 g/mol. The molecule has 0 bridgehead atoms. The molecule has 2 unspecified atom stereocenters. The second-order valence-corrected chi connectivity index (χ2v) is 8.51. The summed E-state index contributed by atoms with van der Waals surface area (Å²) in [5.41, 5.74) is 1.23.